The molecule has 2 atom stereocenters. The summed E-state index contributed by atoms with van der Waals surface area (Å²) in [5.41, 5.74) is 0. The first-order chi connectivity index (χ1) is 7.54. The van der Waals surface area contributed by atoms with Crippen LogP contribution in [-0.2, 0) is 9.59 Å². The van der Waals surface area contributed by atoms with Crippen molar-refractivity contribution in [2.45, 2.75) is 39.2 Å². The number of amides is 2. The second-order valence-corrected chi connectivity index (χ2v) is 5.45. The van der Waals surface area contributed by atoms with Gasteiger partial charge in [0.2, 0.25) is 11.8 Å². The molecule has 0 bridgehead atoms. The van der Waals surface area contributed by atoms with E-state index >= 15 is 0 Å². The molecule has 0 spiro atoms. The van der Waals surface area contributed by atoms with Crippen LogP contribution < -0.4 is 5.32 Å². The predicted octanol–water partition coefficient (Wildman–Crippen LogP) is 0.770. The molecule has 1 saturated heterocycles. The second kappa shape index (κ2) is 4.53. The van der Waals surface area contributed by atoms with E-state index in [2.05, 4.69) is 19.2 Å². The zero-order valence-electron chi connectivity index (χ0n) is 10.0. The van der Waals surface area contributed by atoms with Gasteiger partial charge in [0.25, 0.3) is 0 Å². The molecule has 0 radical (unpaired) electrons. The summed E-state index contributed by atoms with van der Waals surface area (Å²) in [6.45, 7) is 5.29. The fraction of sp³-hybridized carbons (Fsp3) is 0.833. The van der Waals surface area contributed by atoms with Crippen molar-refractivity contribution in [1.29, 1.82) is 0 Å². The van der Waals surface area contributed by atoms with Crippen molar-refractivity contribution in [2.24, 2.45) is 11.8 Å². The molecule has 1 heterocycles. The summed E-state index contributed by atoms with van der Waals surface area (Å²) in [4.78, 5) is 24.7. The monoisotopic (exact) mass is 224 g/mol. The number of nitrogens with zero attached hydrogens (tertiary/aromatic N) is 1. The van der Waals surface area contributed by atoms with E-state index in [4.69, 9.17) is 0 Å². The van der Waals surface area contributed by atoms with Gasteiger partial charge in [0.15, 0.2) is 0 Å². The Hall–Kier alpha value is -0.900. The van der Waals surface area contributed by atoms with Crippen molar-refractivity contribution in [3.63, 3.8) is 0 Å². The number of rotatable bonds is 1. The Morgan fingerprint density at radius 1 is 1.00 bits per heavy atom. The number of carbonyl (C=O) groups excluding carboxylic acids is 2. The topological polar surface area (TPSA) is 49.4 Å². The van der Waals surface area contributed by atoms with E-state index in [9.17, 15) is 9.59 Å². The molecule has 16 heavy (non-hydrogen) atoms. The van der Waals surface area contributed by atoms with Crippen molar-refractivity contribution in [1.82, 2.24) is 10.2 Å². The van der Waals surface area contributed by atoms with Gasteiger partial charge in [0.05, 0.1) is 13.1 Å². The maximum absolute atomic E-state index is 11.3. The molecule has 2 unspecified atom stereocenters. The Morgan fingerprint density at radius 2 is 1.50 bits per heavy atom. The Bertz CT molecular complexity index is 277. The lowest BCUT2D eigenvalue weighted by Crippen LogP contribution is -2.55. The largest absolute Gasteiger partial charge is 0.294 e. The predicted molar refractivity (Wildman–Crippen MR) is 60.7 cm³/mol. The summed E-state index contributed by atoms with van der Waals surface area (Å²) in [5, 5.41) is 2.35. The molecule has 1 N–H and O–H groups in total. The molecule has 1 saturated carbocycles. The second-order valence-electron chi connectivity index (χ2n) is 5.45. The van der Waals surface area contributed by atoms with Crippen LogP contribution in [0.25, 0.3) is 0 Å². The Labute approximate surface area is 96.4 Å². The third-order valence-corrected chi connectivity index (χ3v) is 3.64. The number of carbonyl (C=O) groups is 2. The molecular formula is C12H20N2O2. The van der Waals surface area contributed by atoms with E-state index in [1.165, 1.54) is 6.42 Å². The standard InChI is InChI=1S/C12H20N2O2/c1-8-3-9(2)5-10(4-8)14-6-11(15)13-12(16)7-14/h8-10H,3-7H2,1-2H3,(H,13,15,16). The molecule has 2 aliphatic rings. The van der Waals surface area contributed by atoms with Crippen molar-refractivity contribution < 1.29 is 9.59 Å². The van der Waals surface area contributed by atoms with Crippen LogP contribution in [0, 0.1) is 11.8 Å². The molecule has 2 rings (SSSR count). The van der Waals surface area contributed by atoms with Gasteiger partial charge in [-0.05, 0) is 31.1 Å². The highest BCUT2D eigenvalue weighted by atomic mass is 16.2. The van der Waals surface area contributed by atoms with Gasteiger partial charge in [-0.3, -0.25) is 19.8 Å². The first-order valence-electron chi connectivity index (χ1n) is 6.11. The number of hydrogen-bond acceptors (Lipinski definition) is 3. The highest BCUT2D eigenvalue weighted by Crippen LogP contribution is 2.31. The molecule has 2 amide bonds. The van der Waals surface area contributed by atoms with E-state index in [0.29, 0.717) is 31.0 Å². The lowest BCUT2D eigenvalue weighted by atomic mass is 9.79. The summed E-state index contributed by atoms with van der Waals surface area (Å²) in [6, 6.07) is 0.411. The Morgan fingerprint density at radius 3 is 2.00 bits per heavy atom. The summed E-state index contributed by atoms with van der Waals surface area (Å²) >= 11 is 0. The first-order valence-corrected chi connectivity index (χ1v) is 6.11. The quantitative estimate of drug-likeness (QED) is 0.669. The van der Waals surface area contributed by atoms with Gasteiger partial charge in [-0.2, -0.15) is 0 Å². The Kier molecular flexibility index (Phi) is 3.28. The van der Waals surface area contributed by atoms with Crippen molar-refractivity contribution in [2.75, 3.05) is 13.1 Å². The van der Waals surface area contributed by atoms with Crippen LogP contribution in [0.1, 0.15) is 33.1 Å². The van der Waals surface area contributed by atoms with Crippen molar-refractivity contribution >= 4 is 11.8 Å². The van der Waals surface area contributed by atoms with Gasteiger partial charge < -0.3 is 0 Å². The summed E-state index contributed by atoms with van der Waals surface area (Å²) < 4.78 is 0. The lowest BCUT2D eigenvalue weighted by Gasteiger charge is -2.39. The minimum Gasteiger partial charge on any atom is -0.294 e. The van der Waals surface area contributed by atoms with Crippen LogP contribution in [0.5, 0.6) is 0 Å². The van der Waals surface area contributed by atoms with E-state index < -0.39 is 0 Å². The minimum absolute atomic E-state index is 0.151. The third-order valence-electron chi connectivity index (χ3n) is 3.64. The smallest absolute Gasteiger partial charge is 0.240 e. The third kappa shape index (κ3) is 2.61. The minimum atomic E-state index is -0.151. The van der Waals surface area contributed by atoms with E-state index in [1.54, 1.807) is 0 Å². The van der Waals surface area contributed by atoms with Crippen LogP contribution >= 0.6 is 0 Å². The van der Waals surface area contributed by atoms with Gasteiger partial charge in [-0.15, -0.1) is 0 Å². The lowest BCUT2D eigenvalue weighted by molar-refractivity contribution is -0.137. The number of imide groups is 1. The molecule has 1 aliphatic heterocycles. The van der Waals surface area contributed by atoms with Gasteiger partial charge in [-0.1, -0.05) is 13.8 Å². The maximum Gasteiger partial charge on any atom is 0.240 e. The molecular weight excluding hydrogens is 204 g/mol. The van der Waals surface area contributed by atoms with Crippen LogP contribution in [0.4, 0.5) is 0 Å². The van der Waals surface area contributed by atoms with Gasteiger partial charge in [0, 0.05) is 6.04 Å². The zero-order chi connectivity index (χ0) is 11.7. The van der Waals surface area contributed by atoms with Crippen LogP contribution in [0.3, 0.4) is 0 Å². The number of piperazine rings is 1. The fourth-order valence-corrected chi connectivity index (χ4v) is 3.12. The molecule has 90 valence electrons. The van der Waals surface area contributed by atoms with Crippen LogP contribution in [0.15, 0.2) is 0 Å². The van der Waals surface area contributed by atoms with Gasteiger partial charge >= 0.3 is 0 Å². The number of nitrogens with one attached hydrogen (secondary N) is 1. The average Bonchev–Trinajstić information content (AvgIpc) is 2.14. The summed E-state index contributed by atoms with van der Waals surface area (Å²) in [6.07, 6.45) is 3.50. The van der Waals surface area contributed by atoms with E-state index in [-0.39, 0.29) is 11.8 Å². The molecule has 4 nitrogen and oxygen atoms in total. The van der Waals surface area contributed by atoms with E-state index in [0.717, 1.165) is 12.8 Å². The van der Waals surface area contributed by atoms with Crippen molar-refractivity contribution in [3.8, 4) is 0 Å². The molecule has 4 heteroatoms. The molecule has 2 fully saturated rings. The average molecular weight is 224 g/mol. The normalized spacial score (nSPS) is 37.2. The zero-order valence-corrected chi connectivity index (χ0v) is 10.0. The SMILES string of the molecule is CC1CC(C)CC(N2CC(=O)NC(=O)C2)C1. The van der Waals surface area contributed by atoms with E-state index in [1.807, 2.05) is 4.90 Å². The molecule has 0 aromatic rings. The molecule has 0 aromatic heterocycles. The summed E-state index contributed by atoms with van der Waals surface area (Å²) in [5.74, 6) is 1.10. The highest BCUT2D eigenvalue weighted by molar-refractivity contribution is 5.99. The van der Waals surface area contributed by atoms with Gasteiger partial charge in [0.1, 0.15) is 0 Å². The summed E-state index contributed by atoms with van der Waals surface area (Å²) in [7, 11) is 0. The molecule has 0 aromatic carbocycles. The number of hydrogen-bond donors (Lipinski definition) is 1. The first kappa shape index (κ1) is 11.6. The van der Waals surface area contributed by atoms with Gasteiger partial charge in [-0.25, -0.2) is 0 Å². The highest BCUT2D eigenvalue weighted by Gasteiger charge is 2.32. The maximum atomic E-state index is 11.3. The Balaban J connectivity index is 2.00. The van der Waals surface area contributed by atoms with Crippen LogP contribution in [-0.4, -0.2) is 35.8 Å². The van der Waals surface area contributed by atoms with Crippen molar-refractivity contribution in [3.05, 3.63) is 0 Å². The van der Waals surface area contributed by atoms with Crippen LogP contribution in [0.2, 0.25) is 0 Å². The molecule has 1 aliphatic carbocycles. The fourth-order valence-electron chi connectivity index (χ4n) is 3.12.